The summed E-state index contributed by atoms with van der Waals surface area (Å²) in [6, 6.07) is 11.3. The minimum atomic E-state index is -3.94. The molecule has 5 atom stereocenters. The molecule has 2 aromatic rings. The fourth-order valence-electron chi connectivity index (χ4n) is 7.81. The lowest BCUT2D eigenvalue weighted by atomic mass is 9.68. The van der Waals surface area contributed by atoms with Crippen molar-refractivity contribution in [3.63, 3.8) is 0 Å². The molecule has 1 saturated carbocycles. The van der Waals surface area contributed by atoms with E-state index in [-0.39, 0.29) is 41.3 Å². The van der Waals surface area contributed by atoms with Gasteiger partial charge >= 0.3 is 0 Å². The van der Waals surface area contributed by atoms with E-state index in [2.05, 4.69) is 21.8 Å². The molecule has 1 amide bonds. The highest BCUT2D eigenvalue weighted by atomic mass is 35.5. The number of ether oxygens (including phenoxy) is 2. The van der Waals surface area contributed by atoms with E-state index in [1.807, 2.05) is 18.2 Å². The lowest BCUT2D eigenvalue weighted by Gasteiger charge is -2.46. The number of sulfonamides is 1. The number of carbonyl (C=O) groups is 1. The van der Waals surface area contributed by atoms with Gasteiger partial charge in [0.2, 0.25) is 10.0 Å². The molecule has 12 heteroatoms. The molecule has 9 nitrogen and oxygen atoms in total. The minimum absolute atomic E-state index is 0.0594. The van der Waals surface area contributed by atoms with Crippen molar-refractivity contribution in [3.8, 4) is 5.75 Å². The van der Waals surface area contributed by atoms with Crippen LogP contribution in [0.3, 0.4) is 0 Å². The van der Waals surface area contributed by atoms with Gasteiger partial charge in [-0.3, -0.25) is 4.79 Å². The first kappa shape index (κ1) is 34.3. The Morgan fingerprint density at radius 2 is 1.98 bits per heavy atom. The maximum Gasteiger partial charge on any atom is 0.264 e. The molecular weight excluding hydrogens is 660 g/mol. The Morgan fingerprint density at radius 1 is 1.15 bits per heavy atom. The smallest absolute Gasteiger partial charge is 0.264 e. The summed E-state index contributed by atoms with van der Waals surface area (Å²) >= 11 is 6.42. The fraction of sp³-hybridized carbons (Fsp3) is 0.571. The van der Waals surface area contributed by atoms with Crippen LogP contribution in [0.2, 0.25) is 5.02 Å². The third-order valence-corrected chi connectivity index (χ3v) is 13.6. The summed E-state index contributed by atoms with van der Waals surface area (Å²) in [6.07, 6.45) is 10.9. The minimum Gasteiger partial charge on any atom is -0.490 e. The average Bonchev–Trinajstić information content (AvgIpc) is 3.14. The molecule has 256 valence electrons. The topological polar surface area (TPSA) is 119 Å². The average molecular weight is 705 g/mol. The number of nitrogens with one attached hydrogen (secondary N) is 1. The Balaban J connectivity index is 1.40. The Morgan fingerprint density at radius 3 is 2.72 bits per heavy atom. The lowest BCUT2D eigenvalue weighted by Crippen LogP contribution is -2.49. The van der Waals surface area contributed by atoms with E-state index in [9.17, 15) is 21.6 Å². The predicted molar refractivity (Wildman–Crippen MR) is 185 cm³/mol. The van der Waals surface area contributed by atoms with E-state index in [4.69, 9.17) is 21.1 Å². The van der Waals surface area contributed by atoms with Crippen molar-refractivity contribution in [2.24, 2.45) is 11.8 Å². The summed E-state index contributed by atoms with van der Waals surface area (Å²) in [5.74, 6) is 0.374. The summed E-state index contributed by atoms with van der Waals surface area (Å²) in [5, 5.41) is -0.0303. The summed E-state index contributed by atoms with van der Waals surface area (Å²) < 4.78 is 65.7. The summed E-state index contributed by atoms with van der Waals surface area (Å²) in [4.78, 5) is 15.8. The molecular formula is C35H45ClN2O7S2. The van der Waals surface area contributed by atoms with Crippen LogP contribution in [0.15, 0.2) is 48.6 Å². The molecule has 0 saturated heterocycles. The molecule has 6 rings (SSSR count). The van der Waals surface area contributed by atoms with Crippen molar-refractivity contribution in [3.05, 3.63) is 70.3 Å². The first-order valence-corrected chi connectivity index (χ1v) is 20.7. The van der Waals surface area contributed by atoms with Crippen LogP contribution >= 0.6 is 11.6 Å². The molecule has 0 unspecified atom stereocenters. The van der Waals surface area contributed by atoms with Crippen molar-refractivity contribution in [1.29, 1.82) is 0 Å². The van der Waals surface area contributed by atoms with Crippen molar-refractivity contribution >= 4 is 43.1 Å². The van der Waals surface area contributed by atoms with Gasteiger partial charge in [-0.25, -0.2) is 21.6 Å². The van der Waals surface area contributed by atoms with Crippen LogP contribution in [0.4, 0.5) is 5.69 Å². The normalized spacial score (nSPS) is 29.8. The second kappa shape index (κ2) is 13.7. The fourth-order valence-corrected chi connectivity index (χ4v) is 9.83. The van der Waals surface area contributed by atoms with E-state index in [0.29, 0.717) is 49.7 Å². The molecule has 0 radical (unpaired) electrons. The van der Waals surface area contributed by atoms with Crippen LogP contribution in [0.5, 0.6) is 5.75 Å². The lowest BCUT2D eigenvalue weighted by molar-refractivity contribution is -0.00784. The number of amides is 1. The van der Waals surface area contributed by atoms with Crippen LogP contribution in [0.1, 0.15) is 73.4 Å². The monoisotopic (exact) mass is 704 g/mol. The maximum atomic E-state index is 13.5. The van der Waals surface area contributed by atoms with E-state index in [1.165, 1.54) is 17.4 Å². The standard InChI is InChI=1S/C35H45ClN2O7S2/c1-3-28-8-4-5-9-32(44-17-18-46(2,40)41)29-13-10-26(29)21-38-22-35(16-6-7-24-19-27(36)12-14-30(24)35)23-45-33-15-11-25(20-31(33)38)34(39)37-47(28,42)43/h5,9,11-12,14-15,19-20,26,28-29,32H,3-4,6-8,10,13,16-18,21-23H2,1-2H3,(H,37,39)/b9-5+/t26-,28+,29+,32-,35-/m0/s1. The second-order valence-corrected chi connectivity index (χ2v) is 18.4. The van der Waals surface area contributed by atoms with Gasteiger partial charge in [0.15, 0.2) is 0 Å². The van der Waals surface area contributed by atoms with Gasteiger partial charge in [-0.05, 0) is 105 Å². The van der Waals surface area contributed by atoms with Gasteiger partial charge in [-0.2, -0.15) is 0 Å². The first-order chi connectivity index (χ1) is 22.4. The molecule has 1 fully saturated rings. The molecule has 4 aliphatic rings. The van der Waals surface area contributed by atoms with Crippen molar-refractivity contribution in [2.45, 2.75) is 75.1 Å². The molecule has 1 N–H and O–H groups in total. The Labute approximate surface area is 284 Å². The number of hydrogen-bond acceptors (Lipinski definition) is 8. The molecule has 2 heterocycles. The van der Waals surface area contributed by atoms with Gasteiger partial charge in [0, 0.05) is 35.3 Å². The number of nitrogens with zero attached hydrogens (tertiary/aromatic N) is 1. The van der Waals surface area contributed by atoms with Gasteiger partial charge in [0.25, 0.3) is 5.91 Å². The van der Waals surface area contributed by atoms with Gasteiger partial charge in [-0.15, -0.1) is 0 Å². The number of fused-ring (bicyclic) bond motifs is 4. The van der Waals surface area contributed by atoms with Crippen LogP contribution in [0.25, 0.3) is 0 Å². The van der Waals surface area contributed by atoms with Gasteiger partial charge in [0.05, 0.1) is 36.0 Å². The molecule has 2 aromatic carbocycles. The van der Waals surface area contributed by atoms with Crippen LogP contribution < -0.4 is 14.4 Å². The zero-order valence-electron chi connectivity index (χ0n) is 27.1. The van der Waals surface area contributed by atoms with Crippen LogP contribution in [-0.4, -0.2) is 72.4 Å². The number of sulfone groups is 1. The summed E-state index contributed by atoms with van der Waals surface area (Å²) in [5.41, 5.74) is 3.19. The van der Waals surface area contributed by atoms with Crippen molar-refractivity contribution in [2.75, 3.05) is 43.2 Å². The third-order valence-electron chi connectivity index (χ3n) is 10.5. The highest BCUT2D eigenvalue weighted by Gasteiger charge is 2.44. The largest absolute Gasteiger partial charge is 0.490 e. The Bertz CT molecular complexity index is 1750. The third kappa shape index (κ3) is 7.53. The van der Waals surface area contributed by atoms with Crippen molar-refractivity contribution in [1.82, 2.24) is 4.72 Å². The SMILES string of the molecule is CC[C@@H]1CC/C=C/[C@H](OCCS(C)(=O)=O)[C@@H]2CC[C@H]2CN2C[C@@]3(CCCc4cc(Cl)ccc43)COc3ccc(cc32)C(=O)NS1(=O)=O. The van der Waals surface area contributed by atoms with E-state index < -0.39 is 31.0 Å². The molecule has 1 spiro atoms. The number of carbonyl (C=O) groups excluding carboxylic acids is 1. The quantitative estimate of drug-likeness (QED) is 0.408. The van der Waals surface area contributed by atoms with Gasteiger partial charge < -0.3 is 14.4 Å². The molecule has 47 heavy (non-hydrogen) atoms. The zero-order chi connectivity index (χ0) is 33.4. The Kier molecular flexibility index (Phi) is 10.0. The number of rotatable bonds is 5. The predicted octanol–water partition coefficient (Wildman–Crippen LogP) is 5.46. The van der Waals surface area contributed by atoms with Gasteiger partial charge in [0.1, 0.15) is 15.6 Å². The summed E-state index contributed by atoms with van der Waals surface area (Å²) in [7, 11) is -7.13. The van der Waals surface area contributed by atoms with Crippen LogP contribution in [-0.2, 0) is 36.4 Å². The number of benzene rings is 2. The number of allylic oxidation sites excluding steroid dienone is 1. The Hall–Kier alpha value is -2.60. The van der Waals surface area contributed by atoms with E-state index >= 15 is 0 Å². The first-order valence-electron chi connectivity index (χ1n) is 16.7. The van der Waals surface area contributed by atoms with Crippen molar-refractivity contribution < 1.29 is 31.1 Å². The number of aryl methyl sites for hydroxylation is 1. The highest BCUT2D eigenvalue weighted by molar-refractivity contribution is 7.90. The van der Waals surface area contributed by atoms with E-state index in [0.717, 1.165) is 37.8 Å². The molecule has 2 aliphatic carbocycles. The molecule has 2 aliphatic heterocycles. The number of hydrogen-bond donors (Lipinski definition) is 1. The number of halogens is 1. The number of anilines is 1. The zero-order valence-corrected chi connectivity index (χ0v) is 29.5. The van der Waals surface area contributed by atoms with E-state index in [1.54, 1.807) is 25.1 Å². The molecule has 0 aromatic heterocycles. The summed E-state index contributed by atoms with van der Waals surface area (Å²) in [6.45, 7) is 3.72. The van der Waals surface area contributed by atoms with Gasteiger partial charge in [-0.1, -0.05) is 36.7 Å². The molecule has 2 bridgehead atoms. The maximum absolute atomic E-state index is 13.5. The van der Waals surface area contributed by atoms with Crippen LogP contribution in [0, 0.1) is 11.8 Å². The highest BCUT2D eigenvalue weighted by Crippen LogP contribution is 2.47. The second-order valence-electron chi connectivity index (χ2n) is 13.8.